The molecule has 1 aromatic rings. The van der Waals surface area contributed by atoms with Gasteiger partial charge in [0.15, 0.2) is 0 Å². The summed E-state index contributed by atoms with van der Waals surface area (Å²) >= 11 is 3.18. The zero-order valence-electron chi connectivity index (χ0n) is 8.35. The summed E-state index contributed by atoms with van der Waals surface area (Å²) < 4.78 is 5.59. The highest BCUT2D eigenvalue weighted by Gasteiger charge is 2.36. The van der Waals surface area contributed by atoms with Crippen LogP contribution in [0, 0.1) is 0 Å². The first kappa shape index (κ1) is 11.2. The minimum Gasteiger partial charge on any atom is -0.480 e. The molecule has 86 valence electrons. The van der Waals surface area contributed by atoms with Gasteiger partial charge in [-0.25, -0.2) is 4.79 Å². The van der Waals surface area contributed by atoms with Crippen LogP contribution < -0.4 is 0 Å². The van der Waals surface area contributed by atoms with Gasteiger partial charge < -0.3 is 14.4 Å². The van der Waals surface area contributed by atoms with Crippen molar-refractivity contribution in [3.63, 3.8) is 0 Å². The molecule has 0 unspecified atom stereocenters. The third-order valence-corrected chi connectivity index (χ3v) is 3.23. The van der Waals surface area contributed by atoms with Gasteiger partial charge in [0.1, 0.15) is 6.04 Å². The quantitative estimate of drug-likeness (QED) is 0.899. The van der Waals surface area contributed by atoms with Crippen LogP contribution in [0.5, 0.6) is 0 Å². The average molecular weight is 288 g/mol. The summed E-state index contributed by atoms with van der Waals surface area (Å²) in [5, 5.41) is 8.96. The molecule has 1 atom stereocenters. The van der Waals surface area contributed by atoms with E-state index in [9.17, 15) is 9.59 Å². The molecule has 2 heterocycles. The molecule has 5 nitrogen and oxygen atoms in total. The van der Waals surface area contributed by atoms with Gasteiger partial charge in [-0.2, -0.15) is 0 Å². The Hall–Kier alpha value is -1.30. The number of carbonyl (C=O) groups excluding carboxylic acids is 1. The van der Waals surface area contributed by atoms with E-state index in [2.05, 4.69) is 15.9 Å². The molecule has 6 heteroatoms. The van der Waals surface area contributed by atoms with Crippen molar-refractivity contribution in [3.8, 4) is 0 Å². The molecule has 0 aliphatic carbocycles. The van der Waals surface area contributed by atoms with E-state index >= 15 is 0 Å². The van der Waals surface area contributed by atoms with Gasteiger partial charge in [-0.15, -0.1) is 0 Å². The van der Waals surface area contributed by atoms with E-state index in [4.69, 9.17) is 9.52 Å². The number of halogens is 1. The number of furan rings is 1. The van der Waals surface area contributed by atoms with Crippen molar-refractivity contribution in [2.45, 2.75) is 18.9 Å². The summed E-state index contributed by atoms with van der Waals surface area (Å²) in [5.74, 6) is -1.18. The second-order valence-electron chi connectivity index (χ2n) is 3.59. The Labute approximate surface area is 100 Å². The molecular formula is C10H10BrNO4. The summed E-state index contributed by atoms with van der Waals surface area (Å²) in [5.41, 5.74) is 0. The third kappa shape index (κ3) is 1.84. The van der Waals surface area contributed by atoms with Gasteiger partial charge in [0.2, 0.25) is 5.76 Å². The average Bonchev–Trinajstić information content (AvgIpc) is 2.84. The fourth-order valence-electron chi connectivity index (χ4n) is 1.84. The lowest BCUT2D eigenvalue weighted by molar-refractivity contribution is -0.141. The lowest BCUT2D eigenvalue weighted by Crippen LogP contribution is -2.40. The summed E-state index contributed by atoms with van der Waals surface area (Å²) in [4.78, 5) is 24.3. The molecule has 0 radical (unpaired) electrons. The van der Waals surface area contributed by atoms with E-state index in [0.29, 0.717) is 23.9 Å². The Morgan fingerprint density at radius 3 is 2.88 bits per heavy atom. The Morgan fingerprint density at radius 1 is 1.56 bits per heavy atom. The zero-order valence-corrected chi connectivity index (χ0v) is 9.94. The molecule has 1 aromatic heterocycles. The maximum Gasteiger partial charge on any atom is 0.326 e. The molecule has 0 saturated carbocycles. The molecule has 1 amide bonds. The van der Waals surface area contributed by atoms with Crippen molar-refractivity contribution >= 4 is 27.8 Å². The van der Waals surface area contributed by atoms with Crippen LogP contribution in [-0.2, 0) is 4.79 Å². The number of likely N-dealkylation sites (tertiary alicyclic amines) is 1. The largest absolute Gasteiger partial charge is 0.480 e. The number of amides is 1. The SMILES string of the molecule is O=C(O)[C@H]1CCCN1C(=O)c1occc1Br. The van der Waals surface area contributed by atoms with Gasteiger partial charge in [0.25, 0.3) is 5.91 Å². The molecule has 0 bridgehead atoms. The Morgan fingerprint density at radius 2 is 2.31 bits per heavy atom. The van der Waals surface area contributed by atoms with Crippen LogP contribution in [0.1, 0.15) is 23.4 Å². The van der Waals surface area contributed by atoms with Crippen LogP contribution in [-0.4, -0.2) is 34.5 Å². The number of carboxylic acids is 1. The van der Waals surface area contributed by atoms with Crippen LogP contribution in [0.4, 0.5) is 0 Å². The predicted octanol–water partition coefficient (Wildman–Crippen LogP) is 1.73. The minimum atomic E-state index is -0.964. The third-order valence-electron chi connectivity index (χ3n) is 2.61. The molecule has 1 aliphatic rings. The van der Waals surface area contributed by atoms with Gasteiger partial charge in [0.05, 0.1) is 10.7 Å². The first-order valence-electron chi connectivity index (χ1n) is 4.88. The molecule has 16 heavy (non-hydrogen) atoms. The van der Waals surface area contributed by atoms with E-state index < -0.39 is 12.0 Å². The molecule has 1 fully saturated rings. The van der Waals surface area contributed by atoms with Gasteiger partial charge in [0, 0.05) is 6.54 Å². The summed E-state index contributed by atoms with van der Waals surface area (Å²) in [6.07, 6.45) is 2.60. The lowest BCUT2D eigenvalue weighted by atomic mass is 10.2. The van der Waals surface area contributed by atoms with E-state index in [-0.39, 0.29) is 11.7 Å². The lowest BCUT2D eigenvalue weighted by Gasteiger charge is -2.20. The standard InChI is InChI=1S/C10H10BrNO4/c11-6-3-5-16-8(6)9(13)12-4-1-2-7(12)10(14)15/h3,5,7H,1-2,4H2,(H,14,15)/t7-/m1/s1. The fraction of sp³-hybridized carbons (Fsp3) is 0.400. The van der Waals surface area contributed by atoms with Gasteiger partial charge in [-0.3, -0.25) is 4.79 Å². The Balaban J connectivity index is 2.22. The van der Waals surface area contributed by atoms with Crippen LogP contribution in [0.2, 0.25) is 0 Å². The highest BCUT2D eigenvalue weighted by Crippen LogP contribution is 2.24. The van der Waals surface area contributed by atoms with Crippen molar-refractivity contribution in [3.05, 3.63) is 22.6 Å². The number of hydrogen-bond donors (Lipinski definition) is 1. The molecular weight excluding hydrogens is 278 g/mol. The van der Waals surface area contributed by atoms with Crippen LogP contribution in [0.25, 0.3) is 0 Å². The molecule has 1 saturated heterocycles. The normalized spacial score (nSPS) is 20.1. The first-order valence-corrected chi connectivity index (χ1v) is 5.67. The Bertz CT molecular complexity index is 428. The van der Waals surface area contributed by atoms with Gasteiger partial charge in [-0.05, 0) is 34.8 Å². The number of carbonyl (C=O) groups is 2. The number of nitrogens with zero attached hydrogens (tertiary/aromatic N) is 1. The molecule has 0 spiro atoms. The highest BCUT2D eigenvalue weighted by atomic mass is 79.9. The fourth-order valence-corrected chi connectivity index (χ4v) is 2.21. The predicted molar refractivity (Wildman–Crippen MR) is 58.1 cm³/mol. The van der Waals surface area contributed by atoms with E-state index in [0.717, 1.165) is 0 Å². The zero-order chi connectivity index (χ0) is 11.7. The number of hydrogen-bond acceptors (Lipinski definition) is 3. The molecule has 2 rings (SSSR count). The summed E-state index contributed by atoms with van der Waals surface area (Å²) in [7, 11) is 0. The van der Waals surface area contributed by atoms with E-state index in [1.54, 1.807) is 6.07 Å². The molecule has 0 aromatic carbocycles. The second-order valence-corrected chi connectivity index (χ2v) is 4.45. The smallest absolute Gasteiger partial charge is 0.326 e. The van der Waals surface area contributed by atoms with Crippen LogP contribution in [0.3, 0.4) is 0 Å². The van der Waals surface area contributed by atoms with Gasteiger partial charge >= 0.3 is 5.97 Å². The summed E-state index contributed by atoms with van der Waals surface area (Å²) in [6.45, 7) is 0.461. The Kier molecular flexibility index (Phi) is 3.00. The molecule has 1 aliphatic heterocycles. The highest BCUT2D eigenvalue weighted by molar-refractivity contribution is 9.10. The monoisotopic (exact) mass is 287 g/mol. The van der Waals surface area contributed by atoms with Crippen molar-refractivity contribution in [1.82, 2.24) is 4.90 Å². The van der Waals surface area contributed by atoms with E-state index in [1.807, 2.05) is 0 Å². The van der Waals surface area contributed by atoms with Crippen molar-refractivity contribution in [1.29, 1.82) is 0 Å². The summed E-state index contributed by atoms with van der Waals surface area (Å²) in [6, 6.07) is 0.878. The van der Waals surface area contributed by atoms with Crippen molar-refractivity contribution in [2.24, 2.45) is 0 Å². The van der Waals surface area contributed by atoms with E-state index in [1.165, 1.54) is 11.2 Å². The van der Waals surface area contributed by atoms with Crippen LogP contribution >= 0.6 is 15.9 Å². The van der Waals surface area contributed by atoms with Crippen LogP contribution in [0.15, 0.2) is 21.2 Å². The first-order chi connectivity index (χ1) is 7.61. The van der Waals surface area contributed by atoms with Gasteiger partial charge in [-0.1, -0.05) is 0 Å². The molecule has 1 N–H and O–H groups in total. The second kappa shape index (κ2) is 4.29. The van der Waals surface area contributed by atoms with Crippen molar-refractivity contribution in [2.75, 3.05) is 6.54 Å². The number of carboxylic acid groups (broad SMARTS) is 1. The topological polar surface area (TPSA) is 70.8 Å². The number of rotatable bonds is 2. The van der Waals surface area contributed by atoms with Crippen molar-refractivity contribution < 1.29 is 19.1 Å². The number of aliphatic carboxylic acids is 1. The maximum absolute atomic E-state index is 12.0. The minimum absolute atomic E-state index is 0.160. The maximum atomic E-state index is 12.0.